The Morgan fingerprint density at radius 3 is 2.75 bits per heavy atom. The van der Waals surface area contributed by atoms with Crippen molar-refractivity contribution < 1.29 is 13.6 Å². The number of hydrogen-bond acceptors (Lipinski definition) is 1. The SMILES string of the molecule is CC(Cl)CCNC(=O)c1ccc(F)cc1F. The third kappa shape index (κ3) is 3.77. The summed E-state index contributed by atoms with van der Waals surface area (Å²) in [5.41, 5.74) is -0.163. The lowest BCUT2D eigenvalue weighted by Crippen LogP contribution is -2.26. The molecule has 0 aliphatic heterocycles. The van der Waals surface area contributed by atoms with Crippen LogP contribution in [0, 0.1) is 11.6 Å². The molecule has 0 aromatic heterocycles. The molecular formula is C11H12ClF2NO. The van der Waals surface area contributed by atoms with Crippen LogP contribution in [0.25, 0.3) is 0 Å². The van der Waals surface area contributed by atoms with Gasteiger partial charge in [-0.3, -0.25) is 4.79 Å². The number of nitrogens with one attached hydrogen (secondary N) is 1. The van der Waals surface area contributed by atoms with Gasteiger partial charge in [0.2, 0.25) is 0 Å². The van der Waals surface area contributed by atoms with E-state index in [4.69, 9.17) is 11.6 Å². The maximum atomic E-state index is 13.2. The van der Waals surface area contributed by atoms with Crippen molar-refractivity contribution in [1.82, 2.24) is 5.32 Å². The van der Waals surface area contributed by atoms with Crippen LogP contribution in [0.4, 0.5) is 8.78 Å². The maximum absolute atomic E-state index is 13.2. The topological polar surface area (TPSA) is 29.1 Å². The van der Waals surface area contributed by atoms with Crippen LogP contribution in [0.15, 0.2) is 18.2 Å². The van der Waals surface area contributed by atoms with Crippen LogP contribution in [0.5, 0.6) is 0 Å². The van der Waals surface area contributed by atoms with Crippen molar-refractivity contribution in [2.45, 2.75) is 18.7 Å². The zero-order valence-electron chi connectivity index (χ0n) is 8.77. The van der Waals surface area contributed by atoms with E-state index < -0.39 is 17.5 Å². The molecule has 1 atom stereocenters. The van der Waals surface area contributed by atoms with Gasteiger partial charge in [0, 0.05) is 18.0 Å². The number of carbonyl (C=O) groups is 1. The van der Waals surface area contributed by atoms with Crippen molar-refractivity contribution in [3.8, 4) is 0 Å². The Hall–Kier alpha value is -1.16. The first-order valence-electron chi connectivity index (χ1n) is 4.88. The lowest BCUT2D eigenvalue weighted by atomic mass is 10.2. The van der Waals surface area contributed by atoms with Gasteiger partial charge < -0.3 is 5.32 Å². The highest BCUT2D eigenvalue weighted by Gasteiger charge is 2.11. The smallest absolute Gasteiger partial charge is 0.254 e. The van der Waals surface area contributed by atoms with Crippen LogP contribution >= 0.6 is 11.6 Å². The van der Waals surface area contributed by atoms with Crippen molar-refractivity contribution in [1.29, 1.82) is 0 Å². The maximum Gasteiger partial charge on any atom is 0.254 e. The summed E-state index contributed by atoms with van der Waals surface area (Å²) in [7, 11) is 0. The van der Waals surface area contributed by atoms with E-state index in [0.29, 0.717) is 19.0 Å². The third-order valence-electron chi connectivity index (χ3n) is 2.00. The number of halogens is 3. The predicted molar refractivity (Wildman–Crippen MR) is 58.6 cm³/mol. The lowest BCUT2D eigenvalue weighted by molar-refractivity contribution is 0.0949. The Morgan fingerprint density at radius 1 is 1.50 bits per heavy atom. The highest BCUT2D eigenvalue weighted by molar-refractivity contribution is 6.20. The molecular weight excluding hydrogens is 236 g/mol. The molecule has 0 aliphatic rings. The molecule has 0 radical (unpaired) electrons. The van der Waals surface area contributed by atoms with Gasteiger partial charge in [-0.1, -0.05) is 0 Å². The van der Waals surface area contributed by atoms with Crippen LogP contribution in [0.1, 0.15) is 23.7 Å². The summed E-state index contributed by atoms with van der Waals surface area (Å²) >= 11 is 5.68. The Balaban J connectivity index is 2.59. The van der Waals surface area contributed by atoms with E-state index >= 15 is 0 Å². The van der Waals surface area contributed by atoms with Gasteiger partial charge in [0.15, 0.2) is 0 Å². The van der Waals surface area contributed by atoms with Crippen LogP contribution < -0.4 is 5.32 Å². The molecule has 0 saturated carbocycles. The molecule has 0 heterocycles. The van der Waals surface area contributed by atoms with E-state index in [1.165, 1.54) is 0 Å². The summed E-state index contributed by atoms with van der Waals surface area (Å²) in [6, 6.07) is 2.84. The van der Waals surface area contributed by atoms with E-state index in [0.717, 1.165) is 12.1 Å². The number of carbonyl (C=O) groups excluding carboxylic acids is 1. The van der Waals surface area contributed by atoms with Gasteiger partial charge in [0.25, 0.3) is 5.91 Å². The zero-order chi connectivity index (χ0) is 12.1. The molecule has 0 fully saturated rings. The number of rotatable bonds is 4. The number of alkyl halides is 1. The van der Waals surface area contributed by atoms with Crippen molar-refractivity contribution in [2.75, 3.05) is 6.54 Å². The average molecular weight is 248 g/mol. The molecule has 88 valence electrons. The second-order valence-corrected chi connectivity index (χ2v) is 4.19. The fourth-order valence-electron chi connectivity index (χ4n) is 1.15. The Labute approximate surface area is 97.6 Å². The first-order chi connectivity index (χ1) is 7.50. The van der Waals surface area contributed by atoms with Gasteiger partial charge in [-0.25, -0.2) is 8.78 Å². The molecule has 1 unspecified atom stereocenters. The van der Waals surface area contributed by atoms with E-state index in [-0.39, 0.29) is 10.9 Å². The van der Waals surface area contributed by atoms with E-state index in [9.17, 15) is 13.6 Å². The Bertz CT molecular complexity index is 382. The van der Waals surface area contributed by atoms with E-state index in [1.54, 1.807) is 6.92 Å². The fourth-order valence-corrected chi connectivity index (χ4v) is 1.26. The molecule has 2 nitrogen and oxygen atoms in total. The van der Waals surface area contributed by atoms with Crippen LogP contribution in [-0.4, -0.2) is 17.8 Å². The first-order valence-corrected chi connectivity index (χ1v) is 5.31. The summed E-state index contributed by atoms with van der Waals surface area (Å²) in [5.74, 6) is -2.13. The Morgan fingerprint density at radius 2 is 2.19 bits per heavy atom. The third-order valence-corrected chi connectivity index (χ3v) is 2.22. The van der Waals surface area contributed by atoms with Gasteiger partial charge >= 0.3 is 0 Å². The molecule has 0 aliphatic carbocycles. The van der Waals surface area contributed by atoms with Gasteiger partial charge in [-0.2, -0.15) is 0 Å². The van der Waals surface area contributed by atoms with Crippen molar-refractivity contribution in [3.05, 3.63) is 35.4 Å². The highest BCUT2D eigenvalue weighted by atomic mass is 35.5. The van der Waals surface area contributed by atoms with Crippen LogP contribution in [-0.2, 0) is 0 Å². The van der Waals surface area contributed by atoms with Crippen molar-refractivity contribution in [3.63, 3.8) is 0 Å². The molecule has 1 N–H and O–H groups in total. The second kappa shape index (κ2) is 5.80. The average Bonchev–Trinajstić information content (AvgIpc) is 2.16. The molecule has 1 aromatic carbocycles. The van der Waals surface area contributed by atoms with Gasteiger partial charge in [-0.05, 0) is 25.5 Å². The Kier molecular flexibility index (Phi) is 4.68. The number of benzene rings is 1. The molecule has 16 heavy (non-hydrogen) atoms. The summed E-state index contributed by atoms with van der Waals surface area (Å²) in [5, 5.41) is 2.45. The molecule has 1 rings (SSSR count). The van der Waals surface area contributed by atoms with Gasteiger partial charge in [0.05, 0.1) is 5.56 Å². The minimum Gasteiger partial charge on any atom is -0.352 e. The monoisotopic (exact) mass is 247 g/mol. The van der Waals surface area contributed by atoms with Crippen molar-refractivity contribution in [2.24, 2.45) is 0 Å². The highest BCUT2D eigenvalue weighted by Crippen LogP contribution is 2.09. The second-order valence-electron chi connectivity index (χ2n) is 3.45. The molecule has 0 bridgehead atoms. The van der Waals surface area contributed by atoms with E-state index in [2.05, 4.69) is 5.32 Å². The van der Waals surface area contributed by atoms with Crippen LogP contribution in [0.2, 0.25) is 0 Å². The number of amides is 1. The normalized spacial score (nSPS) is 12.2. The molecule has 0 saturated heterocycles. The lowest BCUT2D eigenvalue weighted by Gasteiger charge is -2.06. The standard InChI is InChI=1S/C11H12ClF2NO/c1-7(12)4-5-15-11(16)9-3-2-8(13)6-10(9)14/h2-3,6-7H,4-5H2,1H3,(H,15,16). The van der Waals surface area contributed by atoms with E-state index in [1.807, 2.05) is 0 Å². The summed E-state index contributed by atoms with van der Waals surface area (Å²) in [4.78, 5) is 11.4. The quantitative estimate of drug-likeness (QED) is 0.815. The fraction of sp³-hybridized carbons (Fsp3) is 0.364. The van der Waals surface area contributed by atoms with Gasteiger partial charge in [0.1, 0.15) is 11.6 Å². The molecule has 5 heteroatoms. The first kappa shape index (κ1) is 12.9. The minimum atomic E-state index is -0.864. The summed E-state index contributed by atoms with van der Waals surface area (Å²) < 4.78 is 25.7. The summed E-state index contributed by atoms with van der Waals surface area (Å²) in [6.07, 6.45) is 0.593. The zero-order valence-corrected chi connectivity index (χ0v) is 9.52. The molecule has 1 amide bonds. The minimum absolute atomic E-state index is 0.0571. The largest absolute Gasteiger partial charge is 0.352 e. The van der Waals surface area contributed by atoms with Gasteiger partial charge in [-0.15, -0.1) is 11.6 Å². The van der Waals surface area contributed by atoms with Crippen molar-refractivity contribution >= 4 is 17.5 Å². The predicted octanol–water partition coefficient (Wildman–Crippen LogP) is 2.71. The number of hydrogen-bond donors (Lipinski definition) is 1. The molecule has 1 aromatic rings. The summed E-state index contributed by atoms with van der Waals surface area (Å²) in [6.45, 7) is 2.16. The molecule has 0 spiro atoms. The van der Waals surface area contributed by atoms with Crippen LogP contribution in [0.3, 0.4) is 0 Å².